The summed E-state index contributed by atoms with van der Waals surface area (Å²) in [7, 11) is 1.59. The summed E-state index contributed by atoms with van der Waals surface area (Å²) in [6, 6.07) is 19.0. The van der Waals surface area contributed by atoms with Crippen molar-refractivity contribution in [2.75, 3.05) is 13.7 Å². The highest BCUT2D eigenvalue weighted by Crippen LogP contribution is 2.68. The SMILES string of the molecule is COC[C@H]1[C@@H](O)C2(O)c3ncc(Cl)cc3O[C@@]2(c2ccc(Br)cc2)[C@@H]1c1ccccc1. The minimum absolute atomic E-state index is 0.244. The first-order chi connectivity index (χ1) is 14.9. The molecule has 5 rings (SSSR count). The maximum atomic E-state index is 12.3. The van der Waals surface area contributed by atoms with Crippen LogP contribution < -0.4 is 4.74 Å². The van der Waals surface area contributed by atoms with E-state index in [4.69, 9.17) is 21.1 Å². The number of methoxy groups -OCH3 is 1. The molecule has 2 aromatic carbocycles. The molecule has 0 amide bonds. The number of nitrogens with zero attached hydrogens (tertiary/aromatic N) is 1. The number of aromatic nitrogens is 1. The van der Waals surface area contributed by atoms with Gasteiger partial charge in [-0.05, 0) is 23.3 Å². The van der Waals surface area contributed by atoms with Gasteiger partial charge in [0.2, 0.25) is 0 Å². The number of benzene rings is 2. The summed E-state index contributed by atoms with van der Waals surface area (Å²) in [5, 5.41) is 24.3. The van der Waals surface area contributed by atoms with Gasteiger partial charge >= 0.3 is 0 Å². The molecule has 7 heteroatoms. The number of hydrogen-bond donors (Lipinski definition) is 2. The fraction of sp³-hybridized carbons (Fsp3) is 0.292. The lowest BCUT2D eigenvalue weighted by Gasteiger charge is -2.40. The summed E-state index contributed by atoms with van der Waals surface area (Å²) in [5.74, 6) is -0.483. The Kier molecular flexibility index (Phi) is 5.11. The number of pyridine rings is 1. The number of aliphatic hydroxyl groups excluding tert-OH is 1. The first-order valence-electron chi connectivity index (χ1n) is 9.99. The molecule has 1 aliphatic heterocycles. The molecule has 1 saturated carbocycles. The van der Waals surface area contributed by atoms with Crippen LogP contribution in [0.4, 0.5) is 0 Å². The van der Waals surface area contributed by atoms with Gasteiger partial charge in [0.25, 0.3) is 0 Å². The van der Waals surface area contributed by atoms with Crippen molar-refractivity contribution in [2.24, 2.45) is 5.92 Å². The zero-order valence-electron chi connectivity index (χ0n) is 16.7. The summed E-state index contributed by atoms with van der Waals surface area (Å²) in [6.07, 6.45) is 0.281. The highest BCUT2D eigenvalue weighted by molar-refractivity contribution is 9.10. The van der Waals surface area contributed by atoms with E-state index in [1.807, 2.05) is 54.6 Å². The van der Waals surface area contributed by atoms with E-state index >= 15 is 0 Å². The number of ether oxygens (including phenoxy) is 2. The van der Waals surface area contributed by atoms with Gasteiger partial charge in [-0.25, -0.2) is 0 Å². The molecule has 2 heterocycles. The summed E-state index contributed by atoms with van der Waals surface area (Å²) >= 11 is 9.67. The molecule has 5 nitrogen and oxygen atoms in total. The molecule has 0 spiro atoms. The molecule has 1 unspecified atom stereocenters. The number of hydrogen-bond acceptors (Lipinski definition) is 5. The van der Waals surface area contributed by atoms with Crippen molar-refractivity contribution < 1.29 is 19.7 Å². The van der Waals surface area contributed by atoms with Crippen LogP contribution in [-0.2, 0) is 15.9 Å². The van der Waals surface area contributed by atoms with Crippen LogP contribution >= 0.6 is 27.5 Å². The first-order valence-corrected chi connectivity index (χ1v) is 11.2. The Morgan fingerprint density at radius 1 is 1.16 bits per heavy atom. The summed E-state index contributed by atoms with van der Waals surface area (Å²) in [4.78, 5) is 4.42. The number of rotatable bonds is 4. The molecule has 1 aliphatic carbocycles. The normalized spacial score (nSPS) is 31.2. The zero-order chi connectivity index (χ0) is 21.8. The molecule has 2 aliphatic rings. The van der Waals surface area contributed by atoms with Crippen LogP contribution in [0.2, 0.25) is 5.02 Å². The average molecular weight is 503 g/mol. The van der Waals surface area contributed by atoms with Crippen molar-refractivity contribution in [1.82, 2.24) is 4.98 Å². The van der Waals surface area contributed by atoms with Gasteiger partial charge in [-0.1, -0.05) is 70.0 Å². The Bertz CT molecular complexity index is 1110. The van der Waals surface area contributed by atoms with Gasteiger partial charge in [-0.15, -0.1) is 0 Å². The second-order valence-corrected chi connectivity index (χ2v) is 9.42. The molecule has 1 aromatic heterocycles. The Morgan fingerprint density at radius 3 is 2.55 bits per heavy atom. The average Bonchev–Trinajstić information content (AvgIpc) is 3.13. The minimum atomic E-state index is -1.80. The lowest BCUT2D eigenvalue weighted by Crippen LogP contribution is -2.52. The summed E-state index contributed by atoms with van der Waals surface area (Å²) < 4.78 is 13.0. The van der Waals surface area contributed by atoms with Gasteiger partial charge in [0.15, 0.2) is 11.2 Å². The van der Waals surface area contributed by atoms with Crippen molar-refractivity contribution in [3.8, 4) is 5.75 Å². The van der Waals surface area contributed by atoms with E-state index in [0.29, 0.717) is 10.8 Å². The van der Waals surface area contributed by atoms with E-state index in [0.717, 1.165) is 15.6 Å². The maximum absolute atomic E-state index is 12.3. The van der Waals surface area contributed by atoms with E-state index in [-0.39, 0.29) is 12.3 Å². The molecule has 3 aromatic rings. The minimum Gasteiger partial charge on any atom is -0.476 e. The van der Waals surface area contributed by atoms with Crippen LogP contribution in [0.25, 0.3) is 0 Å². The van der Waals surface area contributed by atoms with Crippen LogP contribution in [0.3, 0.4) is 0 Å². The third-order valence-electron chi connectivity index (χ3n) is 6.51. The van der Waals surface area contributed by atoms with E-state index in [9.17, 15) is 10.2 Å². The molecule has 0 radical (unpaired) electrons. The molecule has 5 atom stereocenters. The zero-order valence-corrected chi connectivity index (χ0v) is 19.0. The highest BCUT2D eigenvalue weighted by Gasteiger charge is 2.76. The second-order valence-electron chi connectivity index (χ2n) is 8.06. The van der Waals surface area contributed by atoms with E-state index in [2.05, 4.69) is 20.9 Å². The summed E-state index contributed by atoms with van der Waals surface area (Å²) in [6.45, 7) is 0.244. The topological polar surface area (TPSA) is 71.8 Å². The van der Waals surface area contributed by atoms with Crippen LogP contribution in [0, 0.1) is 5.92 Å². The standard InChI is InChI=1S/C24H21BrClNO4/c1-30-13-18-20(14-5-3-2-4-6-14)24(15-7-9-16(25)10-8-15)23(29,22(18)28)21-19(31-24)11-17(26)12-27-21/h2-12,18,20,22,28-29H,13H2,1H3/t18-,20-,22-,23?,24+/m1/s1. The maximum Gasteiger partial charge on any atom is 0.181 e. The van der Waals surface area contributed by atoms with Crippen molar-refractivity contribution in [1.29, 1.82) is 0 Å². The van der Waals surface area contributed by atoms with Crippen molar-refractivity contribution in [2.45, 2.75) is 23.2 Å². The van der Waals surface area contributed by atoms with Crippen LogP contribution in [0.1, 0.15) is 22.7 Å². The number of halogens is 2. The summed E-state index contributed by atoms with van der Waals surface area (Å²) in [5.41, 5.74) is -1.17. The Morgan fingerprint density at radius 2 is 1.87 bits per heavy atom. The van der Waals surface area contributed by atoms with Gasteiger partial charge in [0.1, 0.15) is 11.4 Å². The smallest absolute Gasteiger partial charge is 0.181 e. The molecule has 0 bridgehead atoms. The third kappa shape index (κ3) is 2.82. The third-order valence-corrected chi connectivity index (χ3v) is 7.24. The number of aliphatic hydroxyl groups is 2. The molecule has 2 N–H and O–H groups in total. The Hall–Kier alpha value is -1.96. The Balaban J connectivity index is 1.84. The van der Waals surface area contributed by atoms with E-state index < -0.39 is 29.1 Å². The van der Waals surface area contributed by atoms with Crippen molar-refractivity contribution >= 4 is 27.5 Å². The fourth-order valence-corrected chi connectivity index (χ4v) is 5.76. The van der Waals surface area contributed by atoms with Gasteiger partial charge < -0.3 is 19.7 Å². The lowest BCUT2D eigenvalue weighted by molar-refractivity contribution is -0.154. The predicted octanol–water partition coefficient (Wildman–Crippen LogP) is 4.39. The van der Waals surface area contributed by atoms with Gasteiger partial charge in [0, 0.05) is 35.7 Å². The van der Waals surface area contributed by atoms with E-state index in [1.54, 1.807) is 13.2 Å². The monoisotopic (exact) mass is 501 g/mol. The molecular formula is C24H21BrClNO4. The second kappa shape index (κ2) is 7.57. The first kappa shape index (κ1) is 20.9. The van der Waals surface area contributed by atoms with Crippen LogP contribution in [0.5, 0.6) is 5.75 Å². The largest absolute Gasteiger partial charge is 0.476 e. The molecule has 0 saturated heterocycles. The molecule has 31 heavy (non-hydrogen) atoms. The van der Waals surface area contributed by atoms with Gasteiger partial charge in [-0.2, -0.15) is 0 Å². The van der Waals surface area contributed by atoms with Crippen molar-refractivity contribution in [3.05, 3.63) is 93.2 Å². The quantitative estimate of drug-likeness (QED) is 0.554. The predicted molar refractivity (Wildman–Crippen MR) is 120 cm³/mol. The molecule has 160 valence electrons. The molecular weight excluding hydrogens is 482 g/mol. The van der Waals surface area contributed by atoms with E-state index in [1.165, 1.54) is 6.20 Å². The lowest BCUT2D eigenvalue weighted by atomic mass is 9.71. The fourth-order valence-electron chi connectivity index (χ4n) is 5.34. The van der Waals surface area contributed by atoms with Gasteiger partial charge in [0.05, 0.1) is 17.7 Å². The van der Waals surface area contributed by atoms with Crippen molar-refractivity contribution in [3.63, 3.8) is 0 Å². The van der Waals surface area contributed by atoms with Crippen LogP contribution in [0.15, 0.2) is 71.3 Å². The highest BCUT2D eigenvalue weighted by atomic mass is 79.9. The number of fused-ring (bicyclic) bond motifs is 3. The molecule has 1 fully saturated rings. The Labute approximate surface area is 193 Å². The van der Waals surface area contributed by atoms with Gasteiger partial charge in [-0.3, -0.25) is 4.98 Å². The van der Waals surface area contributed by atoms with Crippen LogP contribution in [-0.4, -0.2) is 35.0 Å².